The quantitative estimate of drug-likeness (QED) is 0.688. The normalized spacial score (nSPS) is 10.4. The summed E-state index contributed by atoms with van der Waals surface area (Å²) in [5, 5.41) is 4.38. The number of hydrogen-bond donors (Lipinski definition) is 1. The lowest BCUT2D eigenvalue weighted by Gasteiger charge is -2.06. The predicted octanol–water partition coefficient (Wildman–Crippen LogP) is 3.88. The highest BCUT2D eigenvalue weighted by molar-refractivity contribution is 7.13. The molecule has 5 nitrogen and oxygen atoms in total. The number of nitrogens with zero attached hydrogens (tertiary/aromatic N) is 1. The summed E-state index contributed by atoms with van der Waals surface area (Å²) in [7, 11) is 0. The first-order chi connectivity index (χ1) is 12.5. The Morgan fingerprint density at radius 1 is 1.12 bits per heavy atom. The number of aromatic nitrogens is 1. The molecule has 26 heavy (non-hydrogen) atoms. The molecule has 0 radical (unpaired) electrons. The molecular formula is C18H12F2N2O3S. The average Bonchev–Trinajstić information content (AvgIpc) is 3.13. The van der Waals surface area contributed by atoms with Gasteiger partial charge in [-0.2, -0.15) is 0 Å². The number of carbonyl (C=O) groups is 2. The zero-order chi connectivity index (χ0) is 18.5. The second-order valence-corrected chi connectivity index (χ2v) is 6.01. The first-order valence-electron chi connectivity index (χ1n) is 7.46. The van der Waals surface area contributed by atoms with Crippen molar-refractivity contribution in [3.8, 4) is 10.6 Å². The SMILES string of the molecule is O=C(COC(=O)c1csc(-c2ccccc2)n1)Nc1ccc(F)cc1F. The summed E-state index contributed by atoms with van der Waals surface area (Å²) in [4.78, 5) is 27.9. The van der Waals surface area contributed by atoms with Crippen molar-refractivity contribution in [2.45, 2.75) is 0 Å². The molecule has 0 aliphatic carbocycles. The van der Waals surface area contributed by atoms with E-state index in [4.69, 9.17) is 4.74 Å². The van der Waals surface area contributed by atoms with E-state index >= 15 is 0 Å². The molecule has 1 N–H and O–H groups in total. The first kappa shape index (κ1) is 17.7. The summed E-state index contributed by atoms with van der Waals surface area (Å²) in [6, 6.07) is 12.0. The molecule has 1 amide bonds. The van der Waals surface area contributed by atoms with Gasteiger partial charge in [0.05, 0.1) is 5.69 Å². The maximum absolute atomic E-state index is 13.5. The van der Waals surface area contributed by atoms with E-state index in [0.29, 0.717) is 11.1 Å². The molecule has 2 aromatic carbocycles. The molecule has 0 bridgehead atoms. The van der Waals surface area contributed by atoms with Gasteiger partial charge >= 0.3 is 5.97 Å². The standard InChI is InChI=1S/C18H12F2N2O3S/c19-12-6-7-14(13(20)8-12)21-16(23)9-25-18(24)15-10-26-17(22-15)11-4-2-1-3-5-11/h1-8,10H,9H2,(H,21,23). The fraction of sp³-hybridized carbons (Fsp3) is 0.0556. The second kappa shape index (κ2) is 7.83. The minimum absolute atomic E-state index is 0.0783. The van der Waals surface area contributed by atoms with E-state index in [-0.39, 0.29) is 11.4 Å². The maximum Gasteiger partial charge on any atom is 0.358 e. The van der Waals surface area contributed by atoms with Crippen molar-refractivity contribution in [3.63, 3.8) is 0 Å². The number of benzene rings is 2. The predicted molar refractivity (Wildman–Crippen MR) is 92.8 cm³/mol. The minimum atomic E-state index is -0.920. The molecule has 0 spiro atoms. The van der Waals surface area contributed by atoms with Crippen LogP contribution in [0.2, 0.25) is 0 Å². The summed E-state index contributed by atoms with van der Waals surface area (Å²) in [5.41, 5.74) is 0.739. The summed E-state index contributed by atoms with van der Waals surface area (Å²) < 4.78 is 31.2. The minimum Gasteiger partial charge on any atom is -0.451 e. The number of esters is 1. The lowest BCUT2D eigenvalue weighted by atomic mass is 10.2. The van der Waals surface area contributed by atoms with Crippen LogP contribution in [0.15, 0.2) is 53.9 Å². The van der Waals surface area contributed by atoms with Crippen LogP contribution >= 0.6 is 11.3 Å². The van der Waals surface area contributed by atoms with Crippen LogP contribution in [-0.2, 0) is 9.53 Å². The molecule has 3 aromatic rings. The van der Waals surface area contributed by atoms with Gasteiger partial charge < -0.3 is 10.1 Å². The molecular weight excluding hydrogens is 362 g/mol. The third-order valence-corrected chi connectivity index (χ3v) is 4.16. The van der Waals surface area contributed by atoms with E-state index in [1.165, 1.54) is 16.7 Å². The van der Waals surface area contributed by atoms with Gasteiger partial charge in [-0.15, -0.1) is 11.3 Å². The zero-order valence-corrected chi connectivity index (χ0v) is 14.1. The van der Waals surface area contributed by atoms with Gasteiger partial charge in [0.15, 0.2) is 12.3 Å². The topological polar surface area (TPSA) is 68.3 Å². The Hall–Kier alpha value is -3.13. The van der Waals surface area contributed by atoms with Crippen molar-refractivity contribution in [3.05, 3.63) is 71.2 Å². The van der Waals surface area contributed by atoms with Crippen LogP contribution in [0.3, 0.4) is 0 Å². The van der Waals surface area contributed by atoms with Crippen LogP contribution in [0.1, 0.15) is 10.5 Å². The number of carbonyl (C=O) groups excluding carboxylic acids is 2. The van der Waals surface area contributed by atoms with Crippen molar-refractivity contribution in [2.24, 2.45) is 0 Å². The van der Waals surface area contributed by atoms with E-state index in [1.54, 1.807) is 0 Å². The fourth-order valence-electron chi connectivity index (χ4n) is 2.06. The summed E-state index contributed by atoms with van der Waals surface area (Å²) in [5.74, 6) is -3.19. The number of amides is 1. The van der Waals surface area contributed by atoms with Gasteiger partial charge in [-0.25, -0.2) is 18.6 Å². The number of thiazole rings is 1. The highest BCUT2D eigenvalue weighted by Gasteiger charge is 2.15. The van der Waals surface area contributed by atoms with Crippen molar-refractivity contribution >= 4 is 28.9 Å². The number of halogens is 2. The molecule has 1 aromatic heterocycles. The third kappa shape index (κ3) is 4.28. The van der Waals surface area contributed by atoms with Crippen molar-refractivity contribution in [1.29, 1.82) is 0 Å². The van der Waals surface area contributed by atoms with Gasteiger partial charge in [-0.05, 0) is 12.1 Å². The van der Waals surface area contributed by atoms with Gasteiger partial charge in [0.1, 0.15) is 16.6 Å². The Kier molecular flexibility index (Phi) is 5.33. The maximum atomic E-state index is 13.5. The molecule has 132 valence electrons. The van der Waals surface area contributed by atoms with Gasteiger partial charge in [0.2, 0.25) is 0 Å². The molecule has 0 saturated heterocycles. The van der Waals surface area contributed by atoms with Crippen LogP contribution in [0, 0.1) is 11.6 Å². The molecule has 1 heterocycles. The lowest BCUT2D eigenvalue weighted by Crippen LogP contribution is -2.21. The Labute approximate surface area is 151 Å². The Balaban J connectivity index is 1.57. The lowest BCUT2D eigenvalue weighted by molar-refractivity contribution is -0.119. The fourth-order valence-corrected chi connectivity index (χ4v) is 2.86. The largest absolute Gasteiger partial charge is 0.451 e. The van der Waals surface area contributed by atoms with Crippen LogP contribution in [-0.4, -0.2) is 23.5 Å². The van der Waals surface area contributed by atoms with Gasteiger partial charge in [-0.3, -0.25) is 4.79 Å². The van der Waals surface area contributed by atoms with Crippen LogP contribution < -0.4 is 5.32 Å². The van der Waals surface area contributed by atoms with E-state index in [1.807, 2.05) is 30.3 Å². The van der Waals surface area contributed by atoms with Gasteiger partial charge in [-0.1, -0.05) is 30.3 Å². The summed E-state index contributed by atoms with van der Waals surface area (Å²) in [6.45, 7) is -0.617. The number of hydrogen-bond acceptors (Lipinski definition) is 5. The Bertz CT molecular complexity index is 945. The monoisotopic (exact) mass is 374 g/mol. The molecule has 0 aliphatic rings. The zero-order valence-electron chi connectivity index (χ0n) is 13.2. The van der Waals surface area contributed by atoms with E-state index < -0.39 is 30.1 Å². The van der Waals surface area contributed by atoms with Gasteiger partial charge in [0, 0.05) is 17.0 Å². The smallest absolute Gasteiger partial charge is 0.358 e. The highest BCUT2D eigenvalue weighted by atomic mass is 32.1. The summed E-state index contributed by atoms with van der Waals surface area (Å²) >= 11 is 1.27. The van der Waals surface area contributed by atoms with Gasteiger partial charge in [0.25, 0.3) is 5.91 Å². The Morgan fingerprint density at radius 3 is 2.62 bits per heavy atom. The van der Waals surface area contributed by atoms with Crippen molar-refractivity contribution < 1.29 is 23.1 Å². The van der Waals surface area contributed by atoms with Crippen molar-refractivity contribution in [2.75, 3.05) is 11.9 Å². The molecule has 0 unspecified atom stereocenters. The number of nitrogens with one attached hydrogen (secondary N) is 1. The molecule has 0 aliphatic heterocycles. The third-order valence-electron chi connectivity index (χ3n) is 3.27. The van der Waals surface area contributed by atoms with Crippen LogP contribution in [0.5, 0.6) is 0 Å². The van der Waals surface area contributed by atoms with E-state index in [9.17, 15) is 18.4 Å². The average molecular weight is 374 g/mol. The summed E-state index contributed by atoms with van der Waals surface area (Å²) in [6.07, 6.45) is 0. The number of anilines is 1. The second-order valence-electron chi connectivity index (χ2n) is 5.15. The Morgan fingerprint density at radius 2 is 1.88 bits per heavy atom. The molecule has 3 rings (SSSR count). The number of rotatable bonds is 5. The molecule has 8 heteroatoms. The van der Waals surface area contributed by atoms with Crippen LogP contribution in [0.25, 0.3) is 10.6 Å². The highest BCUT2D eigenvalue weighted by Crippen LogP contribution is 2.23. The van der Waals surface area contributed by atoms with Crippen LogP contribution in [0.4, 0.5) is 14.5 Å². The first-order valence-corrected chi connectivity index (χ1v) is 8.34. The number of ether oxygens (including phenoxy) is 1. The van der Waals surface area contributed by atoms with E-state index in [0.717, 1.165) is 17.7 Å². The van der Waals surface area contributed by atoms with Crippen molar-refractivity contribution in [1.82, 2.24) is 4.98 Å². The molecule has 0 fully saturated rings. The molecule has 0 atom stereocenters. The van der Waals surface area contributed by atoms with E-state index in [2.05, 4.69) is 10.3 Å². The molecule has 0 saturated carbocycles.